The molecule has 6 heteroatoms. The van der Waals surface area contributed by atoms with Gasteiger partial charge in [-0.2, -0.15) is 0 Å². The summed E-state index contributed by atoms with van der Waals surface area (Å²) in [5.41, 5.74) is 4.58. The third-order valence-electron chi connectivity index (χ3n) is 5.90. The smallest absolute Gasteiger partial charge is 0.255 e. The van der Waals surface area contributed by atoms with E-state index in [1.807, 2.05) is 11.1 Å². The van der Waals surface area contributed by atoms with Gasteiger partial charge in [-0.25, -0.2) is 0 Å². The molecule has 1 atom stereocenters. The van der Waals surface area contributed by atoms with E-state index in [2.05, 4.69) is 41.2 Å². The van der Waals surface area contributed by atoms with Crippen LogP contribution in [-0.4, -0.2) is 53.0 Å². The van der Waals surface area contributed by atoms with Crippen LogP contribution in [0.2, 0.25) is 0 Å². The molecule has 0 aromatic carbocycles. The van der Waals surface area contributed by atoms with Crippen LogP contribution >= 0.6 is 11.3 Å². The zero-order chi connectivity index (χ0) is 19.5. The molecule has 2 aromatic heterocycles. The Hall–Kier alpha value is -1.76. The van der Waals surface area contributed by atoms with Crippen LogP contribution in [0.4, 0.5) is 0 Å². The van der Waals surface area contributed by atoms with Crippen molar-refractivity contribution in [1.29, 1.82) is 0 Å². The van der Waals surface area contributed by atoms with Gasteiger partial charge in [0.1, 0.15) is 0 Å². The number of hydrogen-bond acceptors (Lipinski definition) is 5. The Balaban J connectivity index is 1.44. The van der Waals surface area contributed by atoms with Crippen molar-refractivity contribution in [2.24, 2.45) is 0 Å². The minimum atomic E-state index is 0.193. The van der Waals surface area contributed by atoms with Crippen molar-refractivity contribution < 1.29 is 9.53 Å². The van der Waals surface area contributed by atoms with Crippen LogP contribution in [0.15, 0.2) is 23.7 Å². The minimum absolute atomic E-state index is 0.193. The summed E-state index contributed by atoms with van der Waals surface area (Å²) in [6, 6.07) is 4.52. The van der Waals surface area contributed by atoms with E-state index in [1.165, 1.54) is 16.0 Å². The van der Waals surface area contributed by atoms with Crippen LogP contribution < -0.4 is 0 Å². The third kappa shape index (κ3) is 4.00. The molecule has 28 heavy (non-hydrogen) atoms. The fourth-order valence-electron chi connectivity index (χ4n) is 4.10. The number of nitrogens with zero attached hydrogens (tertiary/aromatic N) is 3. The summed E-state index contributed by atoms with van der Waals surface area (Å²) in [4.78, 5) is 23.6. The van der Waals surface area contributed by atoms with Gasteiger partial charge in [-0.1, -0.05) is 19.9 Å². The molecule has 0 radical (unpaired) electrons. The number of fused-ring (bicyclic) bond motifs is 1. The Bertz CT molecular complexity index is 818. The Kier molecular flexibility index (Phi) is 6.09. The highest BCUT2D eigenvalue weighted by atomic mass is 32.1. The van der Waals surface area contributed by atoms with Gasteiger partial charge in [0.15, 0.2) is 0 Å². The molecule has 2 aliphatic heterocycles. The van der Waals surface area contributed by atoms with Crippen molar-refractivity contribution in [3.8, 4) is 0 Å². The molecule has 1 unspecified atom stereocenters. The molecule has 0 bridgehead atoms. The van der Waals surface area contributed by atoms with E-state index < -0.39 is 0 Å². The molecule has 0 N–H and O–H groups in total. The van der Waals surface area contributed by atoms with Crippen LogP contribution in [-0.2, 0) is 30.7 Å². The van der Waals surface area contributed by atoms with Crippen molar-refractivity contribution in [2.75, 3.05) is 26.3 Å². The maximum absolute atomic E-state index is 13.2. The highest BCUT2D eigenvalue weighted by Crippen LogP contribution is 2.31. The SMILES string of the molecule is CCc1ccc(CN2CCc3c(C(=O)N4CCOCC4CC)csc3C2)nc1. The zero-order valence-electron chi connectivity index (χ0n) is 16.8. The van der Waals surface area contributed by atoms with Gasteiger partial charge in [0, 0.05) is 42.6 Å². The van der Waals surface area contributed by atoms with Crippen LogP contribution in [0.1, 0.15) is 52.3 Å². The lowest BCUT2D eigenvalue weighted by Crippen LogP contribution is -2.48. The predicted molar refractivity (Wildman–Crippen MR) is 112 cm³/mol. The van der Waals surface area contributed by atoms with Gasteiger partial charge in [0.05, 0.1) is 30.5 Å². The quantitative estimate of drug-likeness (QED) is 0.772. The highest BCUT2D eigenvalue weighted by molar-refractivity contribution is 7.10. The summed E-state index contributed by atoms with van der Waals surface area (Å²) in [5, 5.41) is 2.08. The molecule has 1 fully saturated rings. The summed E-state index contributed by atoms with van der Waals surface area (Å²) in [6.07, 6.45) is 4.89. The number of aromatic nitrogens is 1. The average Bonchev–Trinajstić information content (AvgIpc) is 3.17. The van der Waals surface area contributed by atoms with Crippen molar-refractivity contribution in [1.82, 2.24) is 14.8 Å². The second-order valence-electron chi connectivity index (χ2n) is 7.66. The van der Waals surface area contributed by atoms with E-state index in [0.29, 0.717) is 19.8 Å². The van der Waals surface area contributed by atoms with Crippen molar-refractivity contribution in [3.63, 3.8) is 0 Å². The first-order valence-corrected chi connectivity index (χ1v) is 11.2. The maximum atomic E-state index is 13.2. The summed E-state index contributed by atoms with van der Waals surface area (Å²) < 4.78 is 5.56. The number of amides is 1. The number of rotatable bonds is 5. The Labute approximate surface area is 171 Å². The Morgan fingerprint density at radius 3 is 2.96 bits per heavy atom. The molecule has 4 heterocycles. The van der Waals surface area contributed by atoms with Gasteiger partial charge >= 0.3 is 0 Å². The second-order valence-corrected chi connectivity index (χ2v) is 8.62. The van der Waals surface area contributed by atoms with Crippen molar-refractivity contribution >= 4 is 17.2 Å². The summed E-state index contributed by atoms with van der Waals surface area (Å²) in [6.45, 7) is 9.03. The summed E-state index contributed by atoms with van der Waals surface area (Å²) in [5.74, 6) is 0.193. The highest BCUT2D eigenvalue weighted by Gasteiger charge is 2.31. The lowest BCUT2D eigenvalue weighted by Gasteiger charge is -2.35. The predicted octanol–water partition coefficient (Wildman–Crippen LogP) is 3.51. The molecule has 5 nitrogen and oxygen atoms in total. The number of carbonyl (C=O) groups is 1. The number of pyridine rings is 1. The summed E-state index contributed by atoms with van der Waals surface area (Å²) in [7, 11) is 0. The molecule has 2 aromatic rings. The molecule has 1 saturated heterocycles. The van der Waals surface area contributed by atoms with Gasteiger partial charge < -0.3 is 9.64 Å². The molecule has 2 aliphatic rings. The Morgan fingerprint density at radius 2 is 2.21 bits per heavy atom. The van der Waals surface area contributed by atoms with E-state index in [1.54, 1.807) is 11.3 Å². The van der Waals surface area contributed by atoms with E-state index in [4.69, 9.17) is 4.74 Å². The molecule has 0 saturated carbocycles. The van der Waals surface area contributed by atoms with Gasteiger partial charge in [-0.05, 0) is 36.5 Å². The number of morpholine rings is 1. The lowest BCUT2D eigenvalue weighted by atomic mass is 10.0. The van der Waals surface area contributed by atoms with E-state index >= 15 is 0 Å². The molecule has 1 amide bonds. The first-order valence-electron chi connectivity index (χ1n) is 10.3. The van der Waals surface area contributed by atoms with Crippen molar-refractivity contribution in [2.45, 2.75) is 52.2 Å². The molecule has 0 spiro atoms. The molecule has 0 aliphatic carbocycles. The van der Waals surface area contributed by atoms with Gasteiger partial charge in [-0.3, -0.25) is 14.7 Å². The van der Waals surface area contributed by atoms with E-state index in [9.17, 15) is 4.79 Å². The number of aryl methyl sites for hydroxylation is 1. The first-order chi connectivity index (χ1) is 13.7. The molecular weight excluding hydrogens is 370 g/mol. The van der Waals surface area contributed by atoms with Gasteiger partial charge in [0.25, 0.3) is 5.91 Å². The number of hydrogen-bond donors (Lipinski definition) is 0. The van der Waals surface area contributed by atoms with E-state index in [0.717, 1.165) is 50.2 Å². The first kappa shape index (κ1) is 19.6. The van der Waals surface area contributed by atoms with Crippen molar-refractivity contribution in [3.05, 3.63) is 51.0 Å². The monoisotopic (exact) mass is 399 g/mol. The number of thiophene rings is 1. The minimum Gasteiger partial charge on any atom is -0.377 e. The van der Waals surface area contributed by atoms with Crippen LogP contribution in [0.5, 0.6) is 0 Å². The lowest BCUT2D eigenvalue weighted by molar-refractivity contribution is -0.00285. The van der Waals surface area contributed by atoms with Crippen LogP contribution in [0, 0.1) is 0 Å². The molecular formula is C22H29N3O2S. The standard InChI is InChI=1S/C22H29N3O2S/c1-3-16-5-6-17(23-11-16)12-24-8-7-19-20(15-28-21(19)13-24)22(26)25-9-10-27-14-18(25)4-2/h5-6,11,15,18H,3-4,7-10,12-14H2,1-2H3. The largest absolute Gasteiger partial charge is 0.377 e. The number of carbonyl (C=O) groups excluding carboxylic acids is 1. The maximum Gasteiger partial charge on any atom is 0.255 e. The number of ether oxygens (including phenoxy) is 1. The second kappa shape index (κ2) is 8.72. The average molecular weight is 400 g/mol. The zero-order valence-corrected chi connectivity index (χ0v) is 17.6. The molecule has 150 valence electrons. The van der Waals surface area contributed by atoms with Gasteiger partial charge in [-0.15, -0.1) is 11.3 Å². The molecule has 4 rings (SSSR count). The third-order valence-corrected chi connectivity index (χ3v) is 6.91. The topological polar surface area (TPSA) is 45.7 Å². The Morgan fingerprint density at radius 1 is 1.32 bits per heavy atom. The fraction of sp³-hybridized carbons (Fsp3) is 0.545. The van der Waals surface area contributed by atoms with Gasteiger partial charge in [0.2, 0.25) is 0 Å². The fourth-order valence-corrected chi connectivity index (χ4v) is 5.21. The van der Waals surface area contributed by atoms with Crippen LogP contribution in [0.25, 0.3) is 0 Å². The van der Waals surface area contributed by atoms with E-state index in [-0.39, 0.29) is 11.9 Å². The van der Waals surface area contributed by atoms with Crippen LogP contribution in [0.3, 0.4) is 0 Å². The summed E-state index contributed by atoms with van der Waals surface area (Å²) >= 11 is 1.73. The normalized spacial score (nSPS) is 20.2.